The van der Waals surface area contributed by atoms with Crippen molar-refractivity contribution in [1.29, 1.82) is 0 Å². The van der Waals surface area contributed by atoms with Crippen molar-refractivity contribution in [2.45, 2.75) is 32.4 Å². The number of rotatable bonds is 7. The van der Waals surface area contributed by atoms with E-state index >= 15 is 0 Å². The quantitative estimate of drug-likeness (QED) is 0.790. The molecular formula is C15H24N2O2. The molecule has 2 unspecified atom stereocenters. The zero-order chi connectivity index (χ0) is 14.3. The van der Waals surface area contributed by atoms with Crippen LogP contribution in [0, 0.1) is 5.92 Å². The van der Waals surface area contributed by atoms with Crippen LogP contribution in [0.5, 0.6) is 0 Å². The van der Waals surface area contributed by atoms with Crippen molar-refractivity contribution >= 4 is 5.91 Å². The van der Waals surface area contributed by atoms with E-state index in [9.17, 15) is 4.79 Å². The maximum absolute atomic E-state index is 12.0. The largest absolute Gasteiger partial charge is 0.383 e. The molecule has 0 fully saturated rings. The first-order valence-electron chi connectivity index (χ1n) is 6.63. The minimum absolute atomic E-state index is 0.0282. The van der Waals surface area contributed by atoms with Crippen molar-refractivity contribution in [3.05, 3.63) is 35.9 Å². The van der Waals surface area contributed by atoms with Gasteiger partial charge >= 0.3 is 0 Å². The molecule has 4 heteroatoms. The van der Waals surface area contributed by atoms with Gasteiger partial charge in [0.05, 0.1) is 12.6 Å². The van der Waals surface area contributed by atoms with Crippen LogP contribution in [0.4, 0.5) is 0 Å². The number of ether oxygens (including phenoxy) is 1. The Morgan fingerprint density at radius 2 is 1.95 bits per heavy atom. The number of carbonyl (C=O) groups excluding carboxylic acids is 1. The van der Waals surface area contributed by atoms with Crippen molar-refractivity contribution in [2.24, 2.45) is 11.7 Å². The molecule has 0 bridgehead atoms. The van der Waals surface area contributed by atoms with Crippen molar-refractivity contribution in [2.75, 3.05) is 13.7 Å². The van der Waals surface area contributed by atoms with E-state index in [0.29, 0.717) is 12.5 Å². The molecule has 0 radical (unpaired) electrons. The highest BCUT2D eigenvalue weighted by Crippen LogP contribution is 2.13. The Labute approximate surface area is 115 Å². The summed E-state index contributed by atoms with van der Waals surface area (Å²) in [4.78, 5) is 12.0. The zero-order valence-electron chi connectivity index (χ0n) is 11.9. The van der Waals surface area contributed by atoms with Gasteiger partial charge in [-0.15, -0.1) is 0 Å². The lowest BCUT2D eigenvalue weighted by molar-refractivity contribution is -0.122. The highest BCUT2D eigenvalue weighted by atomic mass is 16.5. The number of hydrogen-bond donors (Lipinski definition) is 2. The average Bonchev–Trinajstić information content (AvgIpc) is 2.39. The van der Waals surface area contributed by atoms with Gasteiger partial charge in [0.2, 0.25) is 5.91 Å². The minimum Gasteiger partial charge on any atom is -0.383 e. The topological polar surface area (TPSA) is 64.3 Å². The number of carbonyl (C=O) groups is 1. The van der Waals surface area contributed by atoms with Crippen molar-refractivity contribution in [3.63, 3.8) is 0 Å². The molecule has 0 spiro atoms. The van der Waals surface area contributed by atoms with Crippen molar-refractivity contribution in [1.82, 2.24) is 5.32 Å². The minimum atomic E-state index is -0.267. The first kappa shape index (κ1) is 15.7. The number of nitrogens with one attached hydrogen (secondary N) is 1. The van der Waals surface area contributed by atoms with Crippen LogP contribution in [0.3, 0.4) is 0 Å². The summed E-state index contributed by atoms with van der Waals surface area (Å²) in [6.45, 7) is 4.63. The third kappa shape index (κ3) is 5.41. The molecule has 0 aliphatic rings. The van der Waals surface area contributed by atoms with Crippen LogP contribution < -0.4 is 11.1 Å². The smallest absolute Gasteiger partial charge is 0.222 e. The van der Waals surface area contributed by atoms with Crippen LogP contribution in [0.15, 0.2) is 30.3 Å². The Hall–Kier alpha value is -1.39. The highest BCUT2D eigenvalue weighted by Gasteiger charge is 2.18. The van der Waals surface area contributed by atoms with Gasteiger partial charge in [-0.1, -0.05) is 44.2 Å². The molecule has 0 saturated carbocycles. The van der Waals surface area contributed by atoms with E-state index in [1.54, 1.807) is 7.11 Å². The van der Waals surface area contributed by atoms with Gasteiger partial charge in [0.25, 0.3) is 0 Å². The number of benzene rings is 1. The molecule has 1 aromatic rings. The summed E-state index contributed by atoms with van der Waals surface area (Å²) in [5.74, 6) is 0.295. The molecule has 0 saturated heterocycles. The Balaban J connectivity index is 2.50. The molecule has 1 aromatic carbocycles. The van der Waals surface area contributed by atoms with Crippen LogP contribution in [0.2, 0.25) is 0 Å². The molecule has 3 N–H and O–H groups in total. The number of methoxy groups -OCH3 is 1. The van der Waals surface area contributed by atoms with E-state index in [0.717, 1.165) is 5.56 Å². The fourth-order valence-corrected chi connectivity index (χ4v) is 1.86. The predicted molar refractivity (Wildman–Crippen MR) is 76.6 cm³/mol. The maximum Gasteiger partial charge on any atom is 0.222 e. The molecule has 1 amide bonds. The molecule has 0 aliphatic carbocycles. The van der Waals surface area contributed by atoms with E-state index in [-0.39, 0.29) is 24.4 Å². The summed E-state index contributed by atoms with van der Waals surface area (Å²) >= 11 is 0. The number of nitrogens with two attached hydrogens (primary N) is 1. The summed E-state index contributed by atoms with van der Waals surface area (Å²) in [5, 5.41) is 2.97. The second kappa shape index (κ2) is 7.92. The van der Waals surface area contributed by atoms with Crippen LogP contribution in [0.1, 0.15) is 31.9 Å². The molecular weight excluding hydrogens is 240 g/mol. The van der Waals surface area contributed by atoms with Crippen LogP contribution >= 0.6 is 0 Å². The van der Waals surface area contributed by atoms with Crippen LogP contribution in [-0.2, 0) is 9.53 Å². The number of amides is 1. The van der Waals surface area contributed by atoms with Gasteiger partial charge in [0.1, 0.15) is 0 Å². The van der Waals surface area contributed by atoms with Crippen molar-refractivity contribution in [3.8, 4) is 0 Å². The third-order valence-corrected chi connectivity index (χ3v) is 3.13. The Morgan fingerprint density at radius 1 is 1.32 bits per heavy atom. The Morgan fingerprint density at radius 3 is 2.47 bits per heavy atom. The summed E-state index contributed by atoms with van der Waals surface area (Å²) in [6.07, 6.45) is 0.289. The van der Waals surface area contributed by atoms with E-state index in [2.05, 4.69) is 19.2 Å². The van der Waals surface area contributed by atoms with Gasteiger partial charge in [-0.3, -0.25) is 4.79 Å². The fourth-order valence-electron chi connectivity index (χ4n) is 1.86. The SMILES string of the molecule is COCC(NC(=O)CC(N)c1ccccc1)C(C)C. The number of hydrogen-bond acceptors (Lipinski definition) is 3. The highest BCUT2D eigenvalue weighted by molar-refractivity contribution is 5.77. The normalized spacial score (nSPS) is 14.2. The van der Waals surface area contributed by atoms with Crippen LogP contribution in [0.25, 0.3) is 0 Å². The molecule has 0 aromatic heterocycles. The molecule has 2 atom stereocenters. The first-order chi connectivity index (χ1) is 9.04. The lowest BCUT2D eigenvalue weighted by Crippen LogP contribution is -2.42. The maximum atomic E-state index is 12.0. The van der Waals surface area contributed by atoms with Gasteiger partial charge in [0, 0.05) is 19.6 Å². The van der Waals surface area contributed by atoms with Gasteiger partial charge < -0.3 is 15.8 Å². The summed E-state index contributed by atoms with van der Waals surface area (Å²) in [5.41, 5.74) is 7.01. The monoisotopic (exact) mass is 264 g/mol. The second-order valence-electron chi connectivity index (χ2n) is 5.09. The van der Waals surface area contributed by atoms with Gasteiger partial charge in [-0.05, 0) is 11.5 Å². The van der Waals surface area contributed by atoms with E-state index in [1.807, 2.05) is 30.3 Å². The van der Waals surface area contributed by atoms with Crippen molar-refractivity contribution < 1.29 is 9.53 Å². The molecule has 4 nitrogen and oxygen atoms in total. The third-order valence-electron chi connectivity index (χ3n) is 3.13. The van der Waals surface area contributed by atoms with E-state index < -0.39 is 0 Å². The summed E-state index contributed by atoms with van der Waals surface area (Å²) < 4.78 is 5.11. The standard InChI is InChI=1S/C15H24N2O2/c1-11(2)14(10-19-3)17-15(18)9-13(16)12-7-5-4-6-8-12/h4-8,11,13-14H,9-10,16H2,1-3H3,(H,17,18). The summed E-state index contributed by atoms with van der Waals surface area (Å²) in [7, 11) is 1.64. The second-order valence-corrected chi connectivity index (χ2v) is 5.09. The predicted octanol–water partition coefficient (Wildman–Crippen LogP) is 1.86. The zero-order valence-corrected chi connectivity index (χ0v) is 11.9. The van der Waals surface area contributed by atoms with E-state index in [4.69, 9.17) is 10.5 Å². The lowest BCUT2D eigenvalue weighted by atomic mass is 10.0. The lowest BCUT2D eigenvalue weighted by Gasteiger charge is -2.22. The summed E-state index contributed by atoms with van der Waals surface area (Å²) in [6, 6.07) is 9.42. The average molecular weight is 264 g/mol. The molecule has 0 aliphatic heterocycles. The van der Waals surface area contributed by atoms with Crippen LogP contribution in [-0.4, -0.2) is 25.7 Å². The molecule has 0 heterocycles. The van der Waals surface area contributed by atoms with Gasteiger partial charge in [-0.25, -0.2) is 0 Å². The Bertz CT molecular complexity index is 379. The first-order valence-corrected chi connectivity index (χ1v) is 6.63. The van der Waals surface area contributed by atoms with Gasteiger partial charge in [-0.2, -0.15) is 0 Å². The molecule has 106 valence electrons. The van der Waals surface area contributed by atoms with Gasteiger partial charge in [0.15, 0.2) is 0 Å². The van der Waals surface area contributed by atoms with E-state index in [1.165, 1.54) is 0 Å². The molecule has 1 rings (SSSR count). The fraction of sp³-hybridized carbons (Fsp3) is 0.533. The Kier molecular flexibility index (Phi) is 6.53. The molecule has 19 heavy (non-hydrogen) atoms.